The predicted molar refractivity (Wildman–Crippen MR) is 75.7 cm³/mol. The Morgan fingerprint density at radius 1 is 1.05 bits per heavy atom. The van der Waals surface area contributed by atoms with Gasteiger partial charge in [-0.25, -0.2) is 8.78 Å². The van der Waals surface area contributed by atoms with Gasteiger partial charge < -0.3 is 5.73 Å². The maximum absolute atomic E-state index is 13.4. The van der Waals surface area contributed by atoms with Crippen LogP contribution in [0.1, 0.15) is 30.0 Å². The van der Waals surface area contributed by atoms with E-state index in [4.69, 9.17) is 17.3 Å². The first-order valence-corrected chi connectivity index (χ1v) is 6.88. The summed E-state index contributed by atoms with van der Waals surface area (Å²) in [7, 11) is 0. The Morgan fingerprint density at radius 2 is 1.65 bits per heavy atom. The highest BCUT2D eigenvalue weighted by Gasteiger charge is 2.50. The van der Waals surface area contributed by atoms with Crippen molar-refractivity contribution in [2.45, 2.75) is 24.3 Å². The molecule has 1 atom stereocenters. The molecule has 4 heteroatoms. The molecule has 0 aliphatic heterocycles. The quantitative estimate of drug-likeness (QED) is 0.837. The maximum atomic E-state index is 13.4. The minimum absolute atomic E-state index is 0.179. The molecular formula is C16H14ClF2N. The fourth-order valence-electron chi connectivity index (χ4n) is 2.76. The highest BCUT2D eigenvalue weighted by molar-refractivity contribution is 6.31. The Labute approximate surface area is 121 Å². The van der Waals surface area contributed by atoms with Gasteiger partial charge in [0.15, 0.2) is 11.6 Å². The van der Waals surface area contributed by atoms with Crippen molar-refractivity contribution in [3.05, 3.63) is 70.2 Å². The molecule has 1 nitrogen and oxygen atoms in total. The smallest absolute Gasteiger partial charge is 0.160 e. The van der Waals surface area contributed by atoms with Crippen LogP contribution in [0.25, 0.3) is 0 Å². The summed E-state index contributed by atoms with van der Waals surface area (Å²) in [5.74, 6) is -1.86. The number of nitrogens with two attached hydrogens (primary N) is 1. The molecule has 20 heavy (non-hydrogen) atoms. The van der Waals surface area contributed by atoms with E-state index in [0.29, 0.717) is 5.56 Å². The lowest BCUT2D eigenvalue weighted by Crippen LogP contribution is -2.27. The predicted octanol–water partition coefficient (Wildman–Crippen LogP) is 4.35. The molecule has 1 unspecified atom stereocenters. The van der Waals surface area contributed by atoms with Gasteiger partial charge >= 0.3 is 0 Å². The molecule has 1 aliphatic rings. The lowest BCUT2D eigenvalue weighted by molar-refractivity contribution is 0.496. The Kier molecular flexibility index (Phi) is 3.27. The van der Waals surface area contributed by atoms with Crippen LogP contribution in [0.2, 0.25) is 5.02 Å². The number of hydrogen-bond donors (Lipinski definition) is 1. The number of benzene rings is 2. The van der Waals surface area contributed by atoms with Gasteiger partial charge in [-0.15, -0.1) is 0 Å². The highest BCUT2D eigenvalue weighted by atomic mass is 35.5. The van der Waals surface area contributed by atoms with Crippen LogP contribution >= 0.6 is 11.6 Å². The van der Waals surface area contributed by atoms with Gasteiger partial charge in [-0.1, -0.05) is 41.9 Å². The van der Waals surface area contributed by atoms with E-state index >= 15 is 0 Å². The van der Waals surface area contributed by atoms with E-state index in [2.05, 4.69) is 0 Å². The minimum Gasteiger partial charge on any atom is -0.323 e. The van der Waals surface area contributed by atoms with E-state index in [1.165, 1.54) is 0 Å². The van der Waals surface area contributed by atoms with Crippen LogP contribution in [-0.4, -0.2) is 0 Å². The van der Waals surface area contributed by atoms with E-state index < -0.39 is 17.7 Å². The largest absolute Gasteiger partial charge is 0.323 e. The van der Waals surface area contributed by atoms with Gasteiger partial charge in [0, 0.05) is 16.5 Å². The van der Waals surface area contributed by atoms with Crippen LogP contribution < -0.4 is 5.73 Å². The summed E-state index contributed by atoms with van der Waals surface area (Å²) in [6, 6.07) is 11.5. The summed E-state index contributed by atoms with van der Waals surface area (Å²) >= 11 is 6.03. The molecule has 0 radical (unpaired) electrons. The van der Waals surface area contributed by atoms with Crippen molar-refractivity contribution in [2.24, 2.45) is 5.73 Å². The number of rotatable bonds is 3. The third-order valence-electron chi connectivity index (χ3n) is 4.11. The minimum atomic E-state index is -0.949. The van der Waals surface area contributed by atoms with Crippen molar-refractivity contribution >= 4 is 11.6 Å². The van der Waals surface area contributed by atoms with E-state index in [0.717, 1.165) is 30.5 Å². The molecule has 1 saturated carbocycles. The van der Waals surface area contributed by atoms with E-state index in [9.17, 15) is 8.78 Å². The average molecular weight is 294 g/mol. The lowest BCUT2D eigenvalue weighted by Gasteiger charge is -2.25. The zero-order valence-corrected chi connectivity index (χ0v) is 11.5. The molecule has 2 aromatic carbocycles. The van der Waals surface area contributed by atoms with Gasteiger partial charge in [0.2, 0.25) is 0 Å². The lowest BCUT2D eigenvalue weighted by atomic mass is 9.84. The van der Waals surface area contributed by atoms with Gasteiger partial charge in [0.1, 0.15) is 0 Å². The SMILES string of the molecule is NC(c1cc(F)c(F)cc1Cl)C1(c2ccccc2)CC1. The van der Waals surface area contributed by atoms with Crippen LogP contribution in [0.4, 0.5) is 8.78 Å². The number of hydrogen-bond acceptors (Lipinski definition) is 1. The maximum Gasteiger partial charge on any atom is 0.160 e. The summed E-state index contributed by atoms with van der Waals surface area (Å²) in [6.07, 6.45) is 1.85. The summed E-state index contributed by atoms with van der Waals surface area (Å²) in [4.78, 5) is 0. The normalized spacial score (nSPS) is 17.8. The molecule has 0 heterocycles. The summed E-state index contributed by atoms with van der Waals surface area (Å²) < 4.78 is 26.6. The average Bonchev–Trinajstić information content (AvgIpc) is 3.25. The van der Waals surface area contributed by atoms with E-state index in [1.807, 2.05) is 30.3 Å². The second-order valence-corrected chi connectivity index (χ2v) is 5.69. The van der Waals surface area contributed by atoms with Gasteiger partial charge in [0.05, 0.1) is 0 Å². The van der Waals surface area contributed by atoms with Crippen molar-refractivity contribution in [2.75, 3.05) is 0 Å². The zero-order valence-electron chi connectivity index (χ0n) is 10.7. The first-order chi connectivity index (χ1) is 9.54. The second kappa shape index (κ2) is 4.83. The van der Waals surface area contributed by atoms with Crippen molar-refractivity contribution in [1.82, 2.24) is 0 Å². The molecule has 2 N–H and O–H groups in total. The third-order valence-corrected chi connectivity index (χ3v) is 4.43. The Bertz CT molecular complexity index is 638. The summed E-state index contributed by atoms with van der Waals surface area (Å²) in [5.41, 5.74) is 7.68. The van der Waals surface area contributed by atoms with Crippen LogP contribution in [0, 0.1) is 11.6 Å². The Hall–Kier alpha value is -1.45. The van der Waals surface area contributed by atoms with Gasteiger partial charge in [-0.3, -0.25) is 0 Å². The van der Waals surface area contributed by atoms with Crippen molar-refractivity contribution in [1.29, 1.82) is 0 Å². The standard InChI is InChI=1S/C16H14ClF2N/c17-12-9-14(19)13(18)8-11(12)15(20)16(6-7-16)10-4-2-1-3-5-10/h1-5,8-9,15H,6-7,20H2. The molecule has 1 aliphatic carbocycles. The van der Waals surface area contributed by atoms with Crippen LogP contribution in [0.15, 0.2) is 42.5 Å². The fourth-order valence-corrected chi connectivity index (χ4v) is 3.03. The molecule has 0 bridgehead atoms. The van der Waals surface area contributed by atoms with Crippen molar-refractivity contribution in [3.8, 4) is 0 Å². The second-order valence-electron chi connectivity index (χ2n) is 5.29. The van der Waals surface area contributed by atoms with E-state index in [1.54, 1.807) is 0 Å². The van der Waals surface area contributed by atoms with Gasteiger partial charge in [-0.2, -0.15) is 0 Å². The Balaban J connectivity index is 2.01. The summed E-state index contributed by atoms with van der Waals surface area (Å²) in [5, 5.41) is 0.179. The molecule has 3 rings (SSSR count). The van der Waals surface area contributed by atoms with Gasteiger partial charge in [0.25, 0.3) is 0 Å². The van der Waals surface area contributed by atoms with Crippen LogP contribution in [-0.2, 0) is 5.41 Å². The first-order valence-electron chi connectivity index (χ1n) is 6.50. The molecule has 0 spiro atoms. The highest BCUT2D eigenvalue weighted by Crippen LogP contribution is 2.56. The Morgan fingerprint density at radius 3 is 2.25 bits per heavy atom. The monoisotopic (exact) mass is 293 g/mol. The molecular weight excluding hydrogens is 280 g/mol. The first kappa shape index (κ1) is 13.5. The molecule has 0 aromatic heterocycles. The zero-order chi connectivity index (χ0) is 14.3. The van der Waals surface area contributed by atoms with Crippen LogP contribution in [0.3, 0.4) is 0 Å². The molecule has 104 valence electrons. The van der Waals surface area contributed by atoms with Crippen LogP contribution in [0.5, 0.6) is 0 Å². The molecule has 1 fully saturated rings. The van der Waals surface area contributed by atoms with Crippen molar-refractivity contribution in [3.63, 3.8) is 0 Å². The number of halogens is 3. The van der Waals surface area contributed by atoms with Crippen molar-refractivity contribution < 1.29 is 8.78 Å². The fraction of sp³-hybridized carbons (Fsp3) is 0.250. The topological polar surface area (TPSA) is 26.0 Å². The summed E-state index contributed by atoms with van der Waals surface area (Å²) in [6.45, 7) is 0. The van der Waals surface area contributed by atoms with Gasteiger partial charge in [-0.05, 0) is 36.1 Å². The third kappa shape index (κ3) is 2.11. The molecule has 2 aromatic rings. The van der Waals surface area contributed by atoms with E-state index in [-0.39, 0.29) is 10.4 Å². The molecule has 0 saturated heterocycles. The molecule has 0 amide bonds.